The summed E-state index contributed by atoms with van der Waals surface area (Å²) in [6.45, 7) is 5.71. The van der Waals surface area contributed by atoms with E-state index in [0.717, 1.165) is 42.6 Å². The highest BCUT2D eigenvalue weighted by atomic mass is 16.2. The van der Waals surface area contributed by atoms with Crippen LogP contribution in [0.3, 0.4) is 0 Å². The molecule has 0 spiro atoms. The van der Waals surface area contributed by atoms with Gasteiger partial charge in [0.05, 0.1) is 0 Å². The minimum Gasteiger partial charge on any atom is -0.352 e. The summed E-state index contributed by atoms with van der Waals surface area (Å²) in [4.78, 5) is 39.0. The average molecular weight is 386 g/mol. The fourth-order valence-corrected chi connectivity index (χ4v) is 4.26. The molecule has 1 aromatic rings. The fraction of sp³-hybridized carbons (Fsp3) is 0.591. The standard InChI is InChI=1S/C22H31N3O3/c1-4-7-16-10-12-17(13-11-16)22(3)20(27)25(21(28)24-22)14-19(26)23-18-9-6-5-8-15(18)2/h10-13,15,18H,4-9,14H2,1-3H3,(H,23,26)(H,24,28)/t15-,18-,22+/m0/s1. The van der Waals surface area contributed by atoms with Crippen LogP contribution in [-0.4, -0.2) is 35.3 Å². The van der Waals surface area contributed by atoms with E-state index < -0.39 is 11.6 Å². The van der Waals surface area contributed by atoms with E-state index in [-0.39, 0.29) is 24.4 Å². The topological polar surface area (TPSA) is 78.5 Å². The van der Waals surface area contributed by atoms with Crippen LogP contribution in [0.4, 0.5) is 4.79 Å². The van der Waals surface area contributed by atoms with E-state index in [9.17, 15) is 14.4 Å². The Balaban J connectivity index is 1.67. The lowest BCUT2D eigenvalue weighted by atomic mass is 9.86. The van der Waals surface area contributed by atoms with E-state index in [1.54, 1.807) is 6.92 Å². The Morgan fingerprint density at radius 3 is 2.54 bits per heavy atom. The summed E-state index contributed by atoms with van der Waals surface area (Å²) in [5.74, 6) is -0.231. The summed E-state index contributed by atoms with van der Waals surface area (Å²) in [5.41, 5.74) is 0.791. The van der Waals surface area contributed by atoms with Crippen molar-refractivity contribution in [1.82, 2.24) is 15.5 Å². The number of hydrogen-bond donors (Lipinski definition) is 2. The maximum absolute atomic E-state index is 13.0. The maximum Gasteiger partial charge on any atom is 0.325 e. The molecular weight excluding hydrogens is 354 g/mol. The molecule has 28 heavy (non-hydrogen) atoms. The van der Waals surface area contributed by atoms with Crippen molar-refractivity contribution in [3.05, 3.63) is 35.4 Å². The van der Waals surface area contributed by atoms with E-state index in [1.165, 1.54) is 12.0 Å². The molecule has 0 radical (unpaired) electrons. The van der Waals surface area contributed by atoms with Gasteiger partial charge in [-0.2, -0.15) is 0 Å². The maximum atomic E-state index is 13.0. The molecule has 1 saturated carbocycles. The van der Waals surface area contributed by atoms with Crippen molar-refractivity contribution in [2.45, 2.75) is 70.9 Å². The number of nitrogens with one attached hydrogen (secondary N) is 2. The van der Waals surface area contributed by atoms with Crippen molar-refractivity contribution in [3.8, 4) is 0 Å². The van der Waals surface area contributed by atoms with Gasteiger partial charge in [-0.15, -0.1) is 0 Å². The second-order valence-electron chi connectivity index (χ2n) is 8.33. The number of imide groups is 1. The van der Waals surface area contributed by atoms with Gasteiger partial charge in [-0.05, 0) is 43.2 Å². The molecule has 4 amide bonds. The predicted octanol–water partition coefficient (Wildman–Crippen LogP) is 3.10. The molecule has 2 fully saturated rings. The smallest absolute Gasteiger partial charge is 0.325 e. The van der Waals surface area contributed by atoms with Gasteiger partial charge >= 0.3 is 6.03 Å². The van der Waals surface area contributed by atoms with Crippen LogP contribution in [0.5, 0.6) is 0 Å². The van der Waals surface area contributed by atoms with Crippen molar-refractivity contribution in [1.29, 1.82) is 0 Å². The van der Waals surface area contributed by atoms with Gasteiger partial charge < -0.3 is 10.6 Å². The van der Waals surface area contributed by atoms with Crippen LogP contribution < -0.4 is 10.6 Å². The number of benzene rings is 1. The van der Waals surface area contributed by atoms with Gasteiger partial charge in [0.2, 0.25) is 5.91 Å². The zero-order valence-electron chi connectivity index (χ0n) is 17.1. The fourth-order valence-electron chi connectivity index (χ4n) is 4.26. The second kappa shape index (κ2) is 8.33. The Bertz CT molecular complexity index is 746. The minimum absolute atomic E-state index is 0.125. The number of amides is 4. The number of hydrogen-bond acceptors (Lipinski definition) is 3. The molecule has 2 N–H and O–H groups in total. The normalized spacial score (nSPS) is 27.6. The molecule has 152 valence electrons. The Morgan fingerprint density at radius 2 is 1.89 bits per heavy atom. The lowest BCUT2D eigenvalue weighted by Gasteiger charge is -2.30. The van der Waals surface area contributed by atoms with Gasteiger partial charge in [-0.1, -0.05) is 57.4 Å². The lowest BCUT2D eigenvalue weighted by Crippen LogP contribution is -2.47. The molecule has 1 aromatic carbocycles. The highest BCUT2D eigenvalue weighted by Crippen LogP contribution is 2.29. The number of aryl methyl sites for hydroxylation is 1. The molecule has 3 rings (SSSR count). The van der Waals surface area contributed by atoms with Crippen LogP contribution >= 0.6 is 0 Å². The van der Waals surface area contributed by atoms with E-state index in [1.807, 2.05) is 24.3 Å². The van der Waals surface area contributed by atoms with Crippen LogP contribution in [-0.2, 0) is 21.5 Å². The Morgan fingerprint density at radius 1 is 1.21 bits per heavy atom. The first-order chi connectivity index (χ1) is 13.3. The third-order valence-electron chi connectivity index (χ3n) is 6.10. The van der Waals surface area contributed by atoms with Crippen LogP contribution in [0, 0.1) is 5.92 Å². The van der Waals surface area contributed by atoms with Gasteiger partial charge in [0, 0.05) is 6.04 Å². The van der Waals surface area contributed by atoms with E-state index in [0.29, 0.717) is 5.92 Å². The van der Waals surface area contributed by atoms with Gasteiger partial charge in [0.1, 0.15) is 12.1 Å². The first-order valence-electron chi connectivity index (χ1n) is 10.4. The Hall–Kier alpha value is -2.37. The number of carbonyl (C=O) groups is 3. The summed E-state index contributed by atoms with van der Waals surface area (Å²) in [7, 11) is 0. The number of rotatable bonds is 6. The molecule has 1 aliphatic heterocycles. The predicted molar refractivity (Wildman–Crippen MR) is 108 cm³/mol. The highest BCUT2D eigenvalue weighted by molar-refractivity contribution is 6.09. The van der Waals surface area contributed by atoms with Crippen LogP contribution in [0.1, 0.15) is 64.0 Å². The van der Waals surface area contributed by atoms with Crippen LogP contribution in [0.15, 0.2) is 24.3 Å². The minimum atomic E-state index is -1.14. The van der Waals surface area contributed by atoms with Crippen LogP contribution in [0.2, 0.25) is 0 Å². The average Bonchev–Trinajstić information content (AvgIpc) is 2.88. The summed E-state index contributed by atoms with van der Waals surface area (Å²) in [5, 5.41) is 5.79. The first kappa shape index (κ1) is 20.4. The largest absolute Gasteiger partial charge is 0.352 e. The van der Waals surface area contributed by atoms with Crippen molar-refractivity contribution < 1.29 is 14.4 Å². The molecule has 3 atom stereocenters. The molecule has 6 heteroatoms. The number of nitrogens with zero attached hydrogens (tertiary/aromatic N) is 1. The Kier molecular flexibility index (Phi) is 6.06. The quantitative estimate of drug-likeness (QED) is 0.739. The van der Waals surface area contributed by atoms with Gasteiger partial charge in [-0.25, -0.2) is 4.79 Å². The van der Waals surface area contributed by atoms with Crippen molar-refractivity contribution in [2.24, 2.45) is 5.92 Å². The SMILES string of the molecule is CCCc1ccc([C@@]2(C)NC(=O)N(CC(=O)N[C@H]3CCCC[C@@H]3C)C2=O)cc1. The second-order valence-corrected chi connectivity index (χ2v) is 8.33. The summed E-state index contributed by atoms with van der Waals surface area (Å²) in [6.07, 6.45) is 6.37. The monoisotopic (exact) mass is 385 g/mol. The zero-order chi connectivity index (χ0) is 20.3. The van der Waals surface area contributed by atoms with E-state index in [4.69, 9.17) is 0 Å². The zero-order valence-corrected chi connectivity index (χ0v) is 17.1. The number of urea groups is 1. The van der Waals surface area contributed by atoms with Gasteiger partial charge in [0.15, 0.2) is 0 Å². The summed E-state index contributed by atoms with van der Waals surface area (Å²) in [6, 6.07) is 7.36. The molecule has 0 bridgehead atoms. The lowest BCUT2D eigenvalue weighted by molar-refractivity contribution is -0.135. The molecule has 1 saturated heterocycles. The van der Waals surface area contributed by atoms with E-state index in [2.05, 4.69) is 24.5 Å². The summed E-state index contributed by atoms with van der Waals surface area (Å²) < 4.78 is 0. The highest BCUT2D eigenvalue weighted by Gasteiger charge is 2.49. The van der Waals surface area contributed by atoms with Gasteiger partial charge in [0.25, 0.3) is 5.91 Å². The molecular formula is C22H31N3O3. The third kappa shape index (κ3) is 4.05. The Labute approximate surface area is 167 Å². The molecule has 0 aromatic heterocycles. The molecule has 1 aliphatic carbocycles. The van der Waals surface area contributed by atoms with Crippen molar-refractivity contribution in [3.63, 3.8) is 0 Å². The van der Waals surface area contributed by atoms with Gasteiger partial charge in [-0.3, -0.25) is 14.5 Å². The summed E-state index contributed by atoms with van der Waals surface area (Å²) >= 11 is 0. The van der Waals surface area contributed by atoms with Crippen LogP contribution in [0.25, 0.3) is 0 Å². The third-order valence-corrected chi connectivity index (χ3v) is 6.10. The number of carbonyl (C=O) groups excluding carboxylic acids is 3. The molecule has 0 unspecified atom stereocenters. The van der Waals surface area contributed by atoms with Crippen molar-refractivity contribution >= 4 is 17.8 Å². The van der Waals surface area contributed by atoms with E-state index >= 15 is 0 Å². The molecule has 6 nitrogen and oxygen atoms in total. The first-order valence-corrected chi connectivity index (χ1v) is 10.4. The molecule has 1 heterocycles. The van der Waals surface area contributed by atoms with Crippen molar-refractivity contribution in [2.75, 3.05) is 6.54 Å². The molecule has 2 aliphatic rings.